The maximum atomic E-state index is 12.4. The molecular weight excluding hydrogens is 1620 g/mol. The number of oxime groups is 3. The summed E-state index contributed by atoms with van der Waals surface area (Å²) >= 11 is 0. The molecule has 0 aliphatic heterocycles. The number of carbonyl (C=O) groups is 11. The average molecular weight is 1760 g/mol. The van der Waals surface area contributed by atoms with E-state index in [9.17, 15) is 52.7 Å². The highest BCUT2D eigenvalue weighted by atomic mass is 16.6. The molecule has 2 aromatic rings. The van der Waals surface area contributed by atoms with Gasteiger partial charge in [0.2, 0.25) is 23.6 Å². The van der Waals surface area contributed by atoms with Crippen molar-refractivity contribution in [1.82, 2.24) is 53.2 Å². The Labute approximate surface area is 721 Å². The van der Waals surface area contributed by atoms with Crippen molar-refractivity contribution in [3.63, 3.8) is 0 Å². The molecule has 123 heavy (non-hydrogen) atoms. The van der Waals surface area contributed by atoms with E-state index in [1.165, 1.54) is 28.4 Å². The first-order chi connectivity index (χ1) is 59.6. The van der Waals surface area contributed by atoms with Gasteiger partial charge in [-0.05, 0) is 134 Å². The average Bonchev–Trinajstić information content (AvgIpc) is 0.874. The van der Waals surface area contributed by atoms with E-state index in [1.807, 2.05) is 38.1 Å². The van der Waals surface area contributed by atoms with Crippen LogP contribution in [0.5, 0.6) is 0 Å². The van der Waals surface area contributed by atoms with E-state index >= 15 is 0 Å². The molecule has 0 saturated heterocycles. The van der Waals surface area contributed by atoms with Crippen LogP contribution >= 0.6 is 0 Å². The Morgan fingerprint density at radius 2 is 0.732 bits per heavy atom. The van der Waals surface area contributed by atoms with Gasteiger partial charge in [0.05, 0.1) is 69.8 Å². The van der Waals surface area contributed by atoms with E-state index in [1.54, 1.807) is 44.6 Å². The molecule has 0 fully saturated rings. The lowest BCUT2D eigenvalue weighted by Crippen LogP contribution is -2.39. The van der Waals surface area contributed by atoms with Crippen molar-refractivity contribution in [3.05, 3.63) is 70.8 Å². The van der Waals surface area contributed by atoms with Gasteiger partial charge in [0.1, 0.15) is 64.7 Å². The molecule has 16 N–H and O–H groups in total. The topological polar surface area (TPSA) is 571 Å². The molecule has 43 heteroatoms. The van der Waals surface area contributed by atoms with E-state index in [0.717, 1.165) is 49.5 Å². The monoisotopic (exact) mass is 1750 g/mol. The van der Waals surface area contributed by atoms with Gasteiger partial charge in [-0.2, -0.15) is 0 Å². The maximum absolute atomic E-state index is 12.4. The van der Waals surface area contributed by atoms with Crippen LogP contribution < -0.4 is 70.5 Å². The summed E-state index contributed by atoms with van der Waals surface area (Å²) in [4.78, 5) is 149. The molecule has 0 spiro atoms. The lowest BCUT2D eigenvalue weighted by atomic mass is 10.1. The Bertz CT molecular complexity index is 3170. The van der Waals surface area contributed by atoms with Crippen LogP contribution in [0.4, 0.5) is 19.2 Å². The number of rotatable bonds is 73. The Kier molecular flexibility index (Phi) is 73.8. The van der Waals surface area contributed by atoms with Gasteiger partial charge in [-0.25, -0.2) is 25.1 Å². The van der Waals surface area contributed by atoms with Crippen LogP contribution in [0.3, 0.4) is 0 Å². The number of methoxy groups -OCH3 is 4. The van der Waals surface area contributed by atoms with Crippen LogP contribution in [-0.4, -0.2) is 322 Å². The third-order valence-electron chi connectivity index (χ3n) is 16.5. The zero-order chi connectivity index (χ0) is 90.8. The lowest BCUT2D eigenvalue weighted by molar-refractivity contribution is -0.122. The first kappa shape index (κ1) is 113. The minimum Gasteiger partial charge on any atom is -0.447 e. The maximum Gasteiger partial charge on any atom is 0.407 e. The van der Waals surface area contributed by atoms with Crippen molar-refractivity contribution in [2.24, 2.45) is 32.8 Å². The highest BCUT2D eigenvalue weighted by Gasteiger charge is 2.20. The van der Waals surface area contributed by atoms with Crippen LogP contribution in [0, 0.1) is 0 Å². The number of likely N-dealkylation sites (N-methyl/N-ethyl adjacent to an activating group) is 2. The molecule has 0 bridgehead atoms. The van der Waals surface area contributed by atoms with Gasteiger partial charge in [0, 0.05) is 157 Å². The van der Waals surface area contributed by atoms with E-state index in [0.29, 0.717) is 186 Å². The summed E-state index contributed by atoms with van der Waals surface area (Å²) in [5.74, 6) is 3.56. The number of ether oxygens (including phenoxy) is 12. The number of hydrogen-bond acceptors (Lipinski definition) is 33. The lowest BCUT2D eigenvalue weighted by Gasteiger charge is -2.18. The SMILES string of the molecule is CN[C@@H](CCCCNC(=O)c1ccc(/C(C)=N/OCCCO/N=C/CCCOCCNC(=O)CCCOC(COC(=O)NCCOC)COC(=O)NCCOC)cc1)C(N)=O.CN[C@@H](CCCCNC(=O)c1ccc(/C(C)=N/OCCCON)cc1)C(N)=O.COCCNC(=O)OCC(COC(=O)NCCOC)OCCCC(=O)NCCOCCCC=O. The molecule has 0 aromatic heterocycles. The van der Waals surface area contributed by atoms with Gasteiger partial charge >= 0.3 is 24.4 Å². The molecule has 0 unspecified atom stereocenters. The van der Waals surface area contributed by atoms with Gasteiger partial charge < -0.3 is 146 Å². The standard InChI is InChI=1S/C40H68N8O13.C21H39N3O10.C19H31N5O4/c1-31(32-13-15-33(16-14-32)38(51)44-17-6-5-11-35(42-2)37(41)50)48-61-25-10-24-60-47-18-7-8-22-56-28-21-43-36(49)12-9-23-57-34(29-58-39(52)45-19-26-54-3)30-59-40(53)46-20-27-55-4;1-29-13-7-23-20(27)33-16-18(17-34-21(28)24-8-14-30-2)32-12-5-6-19(26)22-9-15-31-11-4-3-10-25;1-14(24-28-13-5-12-27-21)15-7-9-16(10-8-15)19(26)23-11-4-3-6-17(22-2)18(20)25/h13-16,18,34-35,42H,5-12,17,19-30H2,1-4H3,(H2,41,50)(H,43,49)(H,44,51)(H,45,52)(H,46,53);10,18H,3-9,11-17H2,1-2H3,(H,22,26)(H,23,27)(H,24,28);7-10,17,22H,3-6,11-13,21H2,1-2H3,(H2,20,25)(H,23,26)/b47-18+,48-31+;;24-14+/t35-;;17-/m0.0/s1. The summed E-state index contributed by atoms with van der Waals surface area (Å²) in [5.41, 5.74) is 14.8. The van der Waals surface area contributed by atoms with Crippen LogP contribution in [0.2, 0.25) is 0 Å². The number of carbonyl (C=O) groups excluding carboxylic acids is 11. The van der Waals surface area contributed by atoms with Crippen molar-refractivity contribution in [2.45, 2.75) is 141 Å². The number of hydrogen-bond donors (Lipinski definition) is 13. The zero-order valence-electron chi connectivity index (χ0n) is 72.9. The van der Waals surface area contributed by atoms with Crippen LogP contribution in [0.25, 0.3) is 0 Å². The number of amides is 10. The third kappa shape index (κ3) is 67.2. The molecule has 43 nitrogen and oxygen atoms in total. The molecule has 0 heterocycles. The highest BCUT2D eigenvalue weighted by Crippen LogP contribution is 2.11. The second-order valence-electron chi connectivity index (χ2n) is 26.5. The Hall–Kier alpha value is -10.1. The smallest absolute Gasteiger partial charge is 0.407 e. The fraction of sp³-hybridized carbons (Fsp3) is 0.675. The number of alkyl carbamates (subject to hydrolysis) is 4. The molecule has 2 atom stereocenters. The number of nitrogens with zero attached hydrogens (tertiary/aromatic N) is 3. The molecule has 0 aliphatic rings. The van der Waals surface area contributed by atoms with Crippen LogP contribution in [0.1, 0.15) is 148 Å². The first-order valence-corrected chi connectivity index (χ1v) is 41.1. The van der Waals surface area contributed by atoms with Gasteiger partial charge in [0.25, 0.3) is 11.8 Å². The third-order valence-corrected chi connectivity index (χ3v) is 16.5. The van der Waals surface area contributed by atoms with Crippen LogP contribution in [-0.2, 0) is 100 Å². The Morgan fingerprint density at radius 1 is 0.382 bits per heavy atom. The number of nitrogens with two attached hydrogens (primary N) is 3. The quantitative estimate of drug-likeness (QED) is 0.0149. The van der Waals surface area contributed by atoms with E-state index in [-0.39, 0.29) is 126 Å². The summed E-state index contributed by atoms with van der Waals surface area (Å²) in [5, 5.41) is 39.2. The molecule has 0 aliphatic carbocycles. The van der Waals surface area contributed by atoms with E-state index in [4.69, 9.17) is 88.7 Å². The molecule has 0 saturated carbocycles. The fourth-order valence-electron chi connectivity index (χ4n) is 9.69. The van der Waals surface area contributed by atoms with Gasteiger partial charge in [-0.3, -0.25) is 28.8 Å². The Morgan fingerprint density at radius 3 is 1.08 bits per heavy atom. The molecular formula is C80H138N16O27. The van der Waals surface area contributed by atoms with Crippen molar-refractivity contribution in [3.8, 4) is 0 Å². The van der Waals surface area contributed by atoms with Crippen molar-refractivity contribution < 1.29 is 129 Å². The van der Waals surface area contributed by atoms with Crippen molar-refractivity contribution in [1.29, 1.82) is 0 Å². The van der Waals surface area contributed by atoms with Crippen molar-refractivity contribution >= 4 is 83.7 Å². The van der Waals surface area contributed by atoms with Crippen molar-refractivity contribution in [2.75, 3.05) is 214 Å². The normalized spacial score (nSPS) is 11.6. The Balaban J connectivity index is 0.00000201. The highest BCUT2D eigenvalue weighted by molar-refractivity contribution is 6.01. The summed E-state index contributed by atoms with van der Waals surface area (Å²) in [6.07, 6.45) is 7.79. The number of primary amides is 2. The summed E-state index contributed by atoms with van der Waals surface area (Å²) in [6, 6.07) is 13.5. The number of benzene rings is 2. The van der Waals surface area contributed by atoms with E-state index in [2.05, 4.69) is 73.5 Å². The summed E-state index contributed by atoms with van der Waals surface area (Å²) in [7, 11) is 9.45. The minimum atomic E-state index is -0.732. The molecule has 0 radical (unpaired) electrons. The van der Waals surface area contributed by atoms with Gasteiger partial charge in [-0.1, -0.05) is 39.7 Å². The summed E-state index contributed by atoms with van der Waals surface area (Å²) < 4.78 is 62.1. The zero-order valence-corrected chi connectivity index (χ0v) is 72.9. The minimum absolute atomic E-state index is 0.140. The number of nitrogens with one attached hydrogen (secondary N) is 10. The molecule has 10 amide bonds. The molecule has 2 aromatic carbocycles. The second-order valence-corrected chi connectivity index (χ2v) is 26.5. The molecule has 700 valence electrons. The number of unbranched alkanes of at least 4 members (excludes halogenated alkanes) is 4. The molecule has 2 rings (SSSR count). The predicted molar refractivity (Wildman–Crippen MR) is 455 cm³/mol. The summed E-state index contributed by atoms with van der Waals surface area (Å²) in [6.45, 7) is 10.9. The largest absolute Gasteiger partial charge is 0.447 e. The van der Waals surface area contributed by atoms with Gasteiger partial charge in [-0.15, -0.1) is 0 Å². The fourth-order valence-corrected chi connectivity index (χ4v) is 9.69. The van der Waals surface area contributed by atoms with Gasteiger partial charge in [0.15, 0.2) is 0 Å². The van der Waals surface area contributed by atoms with Crippen LogP contribution in [0.15, 0.2) is 64.0 Å². The van der Waals surface area contributed by atoms with E-state index < -0.39 is 36.6 Å². The number of aldehydes is 1. The predicted octanol–water partition coefficient (Wildman–Crippen LogP) is 2.31. The second kappa shape index (κ2) is 80.4. The first-order valence-electron chi connectivity index (χ1n) is 41.1.